The molecule has 1 N–H and O–H groups in total. The van der Waals surface area contributed by atoms with Crippen LogP contribution in [0.15, 0.2) is 42.5 Å². The third-order valence-corrected chi connectivity index (χ3v) is 4.72. The summed E-state index contributed by atoms with van der Waals surface area (Å²) in [5, 5.41) is 5.19. The molecule has 1 amide bonds. The topological polar surface area (TPSA) is 50.8 Å². The summed E-state index contributed by atoms with van der Waals surface area (Å²) >= 11 is 0. The Bertz CT molecular complexity index is 730. The number of hydrogen-bond donors (Lipinski definition) is 1. The molecule has 2 aromatic rings. The highest BCUT2D eigenvalue weighted by molar-refractivity contribution is 5.83. The summed E-state index contributed by atoms with van der Waals surface area (Å²) in [7, 11) is 3.30. The minimum absolute atomic E-state index is 0.0235. The molecule has 1 saturated heterocycles. The number of ether oxygens (including phenoxy) is 2. The average Bonchev–Trinajstić information content (AvgIpc) is 2.62. The Balaban J connectivity index is 1.73. The van der Waals surface area contributed by atoms with Gasteiger partial charge in [0.25, 0.3) is 0 Å². The summed E-state index contributed by atoms with van der Waals surface area (Å²) < 4.78 is 11.3. The van der Waals surface area contributed by atoms with Crippen molar-refractivity contribution in [1.82, 2.24) is 10.2 Å². The molecule has 0 radical (unpaired) electrons. The molecular formula is C20H26N2O3. The van der Waals surface area contributed by atoms with Crippen molar-refractivity contribution in [3.63, 3.8) is 0 Å². The van der Waals surface area contributed by atoms with Crippen LogP contribution in [0.2, 0.25) is 0 Å². The van der Waals surface area contributed by atoms with E-state index in [2.05, 4.69) is 52.7 Å². The van der Waals surface area contributed by atoms with Gasteiger partial charge in [-0.05, 0) is 22.4 Å². The van der Waals surface area contributed by atoms with E-state index < -0.39 is 5.60 Å². The van der Waals surface area contributed by atoms with E-state index in [4.69, 9.17) is 9.47 Å². The highest BCUT2D eigenvalue weighted by Gasteiger charge is 2.38. The van der Waals surface area contributed by atoms with Gasteiger partial charge in [-0.1, -0.05) is 36.4 Å². The number of benzene rings is 2. The molecule has 1 aliphatic rings. The van der Waals surface area contributed by atoms with E-state index in [1.54, 1.807) is 14.2 Å². The molecule has 1 heterocycles. The number of rotatable bonds is 6. The van der Waals surface area contributed by atoms with E-state index >= 15 is 0 Å². The molecule has 0 aromatic heterocycles. The maximum Gasteiger partial charge on any atom is 0.222 e. The molecule has 1 atom stereocenters. The molecule has 5 heteroatoms. The second kappa shape index (κ2) is 7.95. The highest BCUT2D eigenvalue weighted by atomic mass is 16.5. The van der Waals surface area contributed by atoms with Gasteiger partial charge < -0.3 is 14.8 Å². The summed E-state index contributed by atoms with van der Waals surface area (Å²) in [5.74, 6) is -0.0235. The standard InChI is InChI=1S/C20H26N2O3/c1-21-19(23)12-20(15-24-2)14-22(9-10-25-20)13-16-7-8-17-5-3-4-6-18(17)11-16/h3-8,11H,9-10,12-15H2,1-2H3,(H,21,23)/t20-/m0/s1. The number of morpholine rings is 1. The fourth-order valence-electron chi connectivity index (χ4n) is 3.54. The minimum Gasteiger partial charge on any atom is -0.382 e. The minimum atomic E-state index is -0.579. The van der Waals surface area contributed by atoms with Gasteiger partial charge in [0.2, 0.25) is 5.91 Å². The van der Waals surface area contributed by atoms with Gasteiger partial charge in [-0.2, -0.15) is 0 Å². The highest BCUT2D eigenvalue weighted by Crippen LogP contribution is 2.25. The van der Waals surface area contributed by atoms with E-state index in [0.29, 0.717) is 26.2 Å². The Morgan fingerprint density at radius 1 is 1.28 bits per heavy atom. The van der Waals surface area contributed by atoms with Crippen molar-refractivity contribution in [3.05, 3.63) is 48.0 Å². The number of amides is 1. The van der Waals surface area contributed by atoms with Gasteiger partial charge in [-0.15, -0.1) is 0 Å². The molecule has 25 heavy (non-hydrogen) atoms. The van der Waals surface area contributed by atoms with Crippen LogP contribution < -0.4 is 5.32 Å². The van der Waals surface area contributed by atoms with Gasteiger partial charge in [0.1, 0.15) is 5.60 Å². The SMILES string of the molecule is CNC(=O)C[C@@]1(COC)CN(Cc2ccc3ccccc3c2)CCO1. The maximum absolute atomic E-state index is 11.9. The van der Waals surface area contributed by atoms with Gasteiger partial charge >= 0.3 is 0 Å². The van der Waals surface area contributed by atoms with E-state index in [1.807, 2.05) is 0 Å². The van der Waals surface area contributed by atoms with Crippen LogP contribution in [0.4, 0.5) is 0 Å². The number of carbonyl (C=O) groups excluding carboxylic acids is 1. The summed E-state index contributed by atoms with van der Waals surface area (Å²) in [6.45, 7) is 3.39. The largest absolute Gasteiger partial charge is 0.382 e. The lowest BCUT2D eigenvalue weighted by Crippen LogP contribution is -2.55. The van der Waals surface area contributed by atoms with Crippen LogP contribution in [0.3, 0.4) is 0 Å². The Labute approximate surface area is 148 Å². The van der Waals surface area contributed by atoms with Crippen molar-refractivity contribution in [2.75, 3.05) is 40.5 Å². The number of nitrogens with one attached hydrogen (secondary N) is 1. The molecule has 3 rings (SSSR count). The van der Waals surface area contributed by atoms with Crippen LogP contribution in [0.1, 0.15) is 12.0 Å². The number of methoxy groups -OCH3 is 1. The molecule has 0 bridgehead atoms. The van der Waals surface area contributed by atoms with Crippen LogP contribution >= 0.6 is 0 Å². The monoisotopic (exact) mass is 342 g/mol. The van der Waals surface area contributed by atoms with Crippen LogP contribution in [0.25, 0.3) is 10.8 Å². The van der Waals surface area contributed by atoms with Crippen molar-refractivity contribution in [2.45, 2.75) is 18.6 Å². The van der Waals surface area contributed by atoms with Crippen LogP contribution in [-0.4, -0.2) is 56.9 Å². The van der Waals surface area contributed by atoms with Crippen molar-refractivity contribution >= 4 is 16.7 Å². The molecule has 0 saturated carbocycles. The van der Waals surface area contributed by atoms with Crippen LogP contribution in [0.5, 0.6) is 0 Å². The zero-order valence-electron chi connectivity index (χ0n) is 15.0. The number of hydrogen-bond acceptors (Lipinski definition) is 4. The van der Waals surface area contributed by atoms with Crippen molar-refractivity contribution in [3.8, 4) is 0 Å². The second-order valence-electron chi connectivity index (χ2n) is 6.71. The lowest BCUT2D eigenvalue weighted by atomic mass is 9.96. The van der Waals surface area contributed by atoms with Gasteiger partial charge in [0, 0.05) is 33.8 Å². The summed E-state index contributed by atoms with van der Waals surface area (Å²) in [5.41, 5.74) is 0.691. The first-order valence-electron chi connectivity index (χ1n) is 8.68. The molecule has 2 aromatic carbocycles. The second-order valence-corrected chi connectivity index (χ2v) is 6.71. The Morgan fingerprint density at radius 3 is 2.84 bits per heavy atom. The summed E-state index contributed by atoms with van der Waals surface area (Å²) in [6, 6.07) is 15.0. The van der Waals surface area contributed by atoms with Gasteiger partial charge in [0.15, 0.2) is 0 Å². The predicted molar refractivity (Wildman–Crippen MR) is 98.5 cm³/mol. The van der Waals surface area contributed by atoms with E-state index in [9.17, 15) is 4.79 Å². The first-order chi connectivity index (χ1) is 12.1. The Morgan fingerprint density at radius 2 is 2.08 bits per heavy atom. The summed E-state index contributed by atoms with van der Waals surface area (Å²) in [4.78, 5) is 14.2. The molecular weight excluding hydrogens is 316 g/mol. The number of fused-ring (bicyclic) bond motifs is 1. The number of nitrogens with zero attached hydrogens (tertiary/aromatic N) is 1. The molecule has 5 nitrogen and oxygen atoms in total. The van der Waals surface area contributed by atoms with E-state index in [-0.39, 0.29) is 5.91 Å². The normalized spacial score (nSPS) is 21.4. The molecule has 0 aliphatic carbocycles. The molecule has 134 valence electrons. The molecule has 0 spiro atoms. The van der Waals surface area contributed by atoms with Gasteiger partial charge in [-0.25, -0.2) is 0 Å². The van der Waals surface area contributed by atoms with Crippen molar-refractivity contribution in [1.29, 1.82) is 0 Å². The van der Waals surface area contributed by atoms with Crippen molar-refractivity contribution < 1.29 is 14.3 Å². The first kappa shape index (κ1) is 17.9. The fraction of sp³-hybridized carbons (Fsp3) is 0.450. The number of carbonyl (C=O) groups is 1. The first-order valence-corrected chi connectivity index (χ1v) is 8.68. The predicted octanol–water partition coefficient (Wildman–Crippen LogP) is 2.19. The van der Waals surface area contributed by atoms with Gasteiger partial charge in [0.05, 0.1) is 19.6 Å². The third-order valence-electron chi connectivity index (χ3n) is 4.72. The lowest BCUT2D eigenvalue weighted by molar-refractivity contribution is -0.155. The maximum atomic E-state index is 11.9. The Kier molecular flexibility index (Phi) is 5.68. The fourth-order valence-corrected chi connectivity index (χ4v) is 3.54. The Hall–Kier alpha value is -1.95. The molecule has 1 fully saturated rings. The van der Waals surface area contributed by atoms with E-state index in [1.165, 1.54) is 16.3 Å². The van der Waals surface area contributed by atoms with E-state index in [0.717, 1.165) is 13.1 Å². The van der Waals surface area contributed by atoms with Crippen LogP contribution in [0, 0.1) is 0 Å². The lowest BCUT2D eigenvalue weighted by Gasteiger charge is -2.42. The molecule has 0 unspecified atom stereocenters. The third kappa shape index (κ3) is 4.37. The zero-order chi connectivity index (χ0) is 17.7. The molecule has 1 aliphatic heterocycles. The quantitative estimate of drug-likeness (QED) is 0.874. The smallest absolute Gasteiger partial charge is 0.222 e. The van der Waals surface area contributed by atoms with Gasteiger partial charge in [-0.3, -0.25) is 9.69 Å². The van der Waals surface area contributed by atoms with Crippen molar-refractivity contribution in [2.24, 2.45) is 0 Å². The zero-order valence-corrected chi connectivity index (χ0v) is 15.0. The summed E-state index contributed by atoms with van der Waals surface area (Å²) in [6.07, 6.45) is 0.311. The van der Waals surface area contributed by atoms with Crippen LogP contribution in [-0.2, 0) is 20.8 Å². The average molecular weight is 342 g/mol.